The molecule has 0 aromatic rings. The third-order valence-electron chi connectivity index (χ3n) is 3.82. The van der Waals surface area contributed by atoms with E-state index in [4.69, 9.17) is 5.73 Å². The van der Waals surface area contributed by atoms with E-state index < -0.39 is 11.8 Å². The molecule has 1 fully saturated rings. The number of piperazine rings is 1. The second-order valence-corrected chi connectivity index (χ2v) is 6.27. The van der Waals surface area contributed by atoms with Crippen molar-refractivity contribution in [3.63, 3.8) is 0 Å². The predicted octanol–water partition coefficient (Wildman–Crippen LogP) is 0.829. The zero-order valence-electron chi connectivity index (χ0n) is 12.8. The van der Waals surface area contributed by atoms with Crippen molar-refractivity contribution >= 4 is 11.8 Å². The Morgan fingerprint density at radius 2 is 1.74 bits per heavy atom. The third kappa shape index (κ3) is 3.26. The number of hydrogen-bond donors (Lipinski definition) is 1. The van der Waals surface area contributed by atoms with Gasteiger partial charge in [0.1, 0.15) is 0 Å². The Morgan fingerprint density at radius 3 is 2.16 bits per heavy atom. The van der Waals surface area contributed by atoms with Crippen LogP contribution < -0.4 is 5.73 Å². The van der Waals surface area contributed by atoms with E-state index in [1.54, 1.807) is 9.80 Å². The Balaban J connectivity index is 2.99. The van der Waals surface area contributed by atoms with Crippen LogP contribution in [0.3, 0.4) is 0 Å². The Labute approximate surface area is 116 Å². The highest BCUT2D eigenvalue weighted by molar-refractivity contribution is 6.35. The number of hydrogen-bond acceptors (Lipinski definition) is 3. The van der Waals surface area contributed by atoms with Crippen molar-refractivity contribution in [1.29, 1.82) is 0 Å². The van der Waals surface area contributed by atoms with Crippen LogP contribution in [0.15, 0.2) is 0 Å². The number of likely N-dealkylation sites (N-methyl/N-ethyl adjacent to an activating group) is 1. The molecule has 19 heavy (non-hydrogen) atoms. The Kier molecular flexibility index (Phi) is 4.96. The molecule has 5 nitrogen and oxygen atoms in total. The Morgan fingerprint density at radius 1 is 1.16 bits per heavy atom. The molecular formula is C14H27N3O2. The lowest BCUT2D eigenvalue weighted by Gasteiger charge is -2.46. The molecule has 110 valence electrons. The lowest BCUT2D eigenvalue weighted by atomic mass is 9.80. The summed E-state index contributed by atoms with van der Waals surface area (Å²) in [4.78, 5) is 27.6. The first-order chi connectivity index (χ1) is 8.73. The maximum Gasteiger partial charge on any atom is 0.312 e. The van der Waals surface area contributed by atoms with Crippen molar-refractivity contribution < 1.29 is 9.59 Å². The fraction of sp³-hybridized carbons (Fsp3) is 0.857. The van der Waals surface area contributed by atoms with E-state index in [1.165, 1.54) is 0 Å². The molecule has 0 saturated carbocycles. The number of nitrogens with two attached hydrogens (primary N) is 1. The van der Waals surface area contributed by atoms with Gasteiger partial charge in [-0.2, -0.15) is 0 Å². The van der Waals surface area contributed by atoms with Gasteiger partial charge < -0.3 is 15.5 Å². The van der Waals surface area contributed by atoms with Crippen LogP contribution in [0.5, 0.6) is 0 Å². The van der Waals surface area contributed by atoms with Crippen LogP contribution in [0.1, 0.15) is 41.0 Å². The van der Waals surface area contributed by atoms with E-state index in [0.717, 1.165) is 6.42 Å². The summed E-state index contributed by atoms with van der Waals surface area (Å²) in [7, 11) is 0. The van der Waals surface area contributed by atoms with Gasteiger partial charge in [0.25, 0.3) is 0 Å². The molecule has 0 aromatic heterocycles. The van der Waals surface area contributed by atoms with Gasteiger partial charge >= 0.3 is 11.8 Å². The van der Waals surface area contributed by atoms with Crippen LogP contribution in [-0.4, -0.2) is 53.3 Å². The highest BCUT2D eigenvalue weighted by Gasteiger charge is 2.42. The van der Waals surface area contributed by atoms with Crippen LogP contribution >= 0.6 is 0 Å². The molecule has 0 radical (unpaired) electrons. The smallest absolute Gasteiger partial charge is 0.312 e. The molecule has 1 aliphatic rings. The molecular weight excluding hydrogens is 242 g/mol. The minimum absolute atomic E-state index is 0.104. The van der Waals surface area contributed by atoms with Crippen LogP contribution in [0.4, 0.5) is 0 Å². The molecule has 1 saturated heterocycles. The maximum absolute atomic E-state index is 12.3. The average Bonchev–Trinajstić information content (AvgIpc) is 2.33. The largest absolute Gasteiger partial charge is 0.333 e. The van der Waals surface area contributed by atoms with E-state index in [0.29, 0.717) is 19.6 Å². The van der Waals surface area contributed by atoms with E-state index in [1.807, 2.05) is 13.8 Å². The third-order valence-corrected chi connectivity index (χ3v) is 3.82. The first-order valence-corrected chi connectivity index (χ1v) is 7.09. The normalized spacial score (nSPS) is 20.7. The molecule has 1 heterocycles. The fourth-order valence-corrected chi connectivity index (χ4v) is 2.82. The lowest BCUT2D eigenvalue weighted by molar-refractivity contribution is -0.159. The quantitative estimate of drug-likeness (QED) is 0.769. The topological polar surface area (TPSA) is 66.6 Å². The van der Waals surface area contributed by atoms with Gasteiger partial charge in [0, 0.05) is 25.7 Å². The predicted molar refractivity (Wildman–Crippen MR) is 75.5 cm³/mol. The molecule has 0 aromatic carbocycles. The Hall–Kier alpha value is -1.10. The summed E-state index contributed by atoms with van der Waals surface area (Å²) in [5.41, 5.74) is 6.05. The molecule has 2 amide bonds. The van der Waals surface area contributed by atoms with Gasteiger partial charge in [-0.1, -0.05) is 27.7 Å². The van der Waals surface area contributed by atoms with Gasteiger partial charge in [0.2, 0.25) is 0 Å². The van der Waals surface area contributed by atoms with E-state index in [-0.39, 0.29) is 17.5 Å². The molecule has 2 N–H and O–H groups in total. The molecule has 1 aliphatic heterocycles. The van der Waals surface area contributed by atoms with Crippen molar-refractivity contribution in [2.24, 2.45) is 11.1 Å². The van der Waals surface area contributed by atoms with Gasteiger partial charge in [0.15, 0.2) is 0 Å². The summed E-state index contributed by atoms with van der Waals surface area (Å²) in [6.45, 7) is 11.9. The SMILES string of the molecule is CCC(N)C(N1CCN(CC)C(=O)C1=O)C(C)(C)C. The summed E-state index contributed by atoms with van der Waals surface area (Å²) in [6.07, 6.45) is 0.789. The zero-order valence-corrected chi connectivity index (χ0v) is 12.8. The number of amides is 2. The summed E-state index contributed by atoms with van der Waals surface area (Å²) >= 11 is 0. The Bertz CT molecular complexity index is 349. The summed E-state index contributed by atoms with van der Waals surface area (Å²) < 4.78 is 0. The minimum atomic E-state index is -0.406. The minimum Gasteiger partial charge on any atom is -0.333 e. The van der Waals surface area contributed by atoms with Crippen molar-refractivity contribution in [2.45, 2.75) is 53.1 Å². The van der Waals surface area contributed by atoms with Crippen molar-refractivity contribution in [3.8, 4) is 0 Å². The van der Waals surface area contributed by atoms with Crippen LogP contribution in [-0.2, 0) is 9.59 Å². The summed E-state index contributed by atoms with van der Waals surface area (Å²) in [6, 6.07) is -0.210. The second kappa shape index (κ2) is 5.90. The molecule has 5 heteroatoms. The van der Waals surface area contributed by atoms with Gasteiger partial charge in [-0.15, -0.1) is 0 Å². The van der Waals surface area contributed by atoms with E-state index in [2.05, 4.69) is 20.8 Å². The average molecular weight is 269 g/mol. The van der Waals surface area contributed by atoms with Crippen LogP contribution in [0.2, 0.25) is 0 Å². The van der Waals surface area contributed by atoms with Gasteiger partial charge in [-0.25, -0.2) is 0 Å². The van der Waals surface area contributed by atoms with Gasteiger partial charge in [-0.05, 0) is 18.8 Å². The fourth-order valence-electron chi connectivity index (χ4n) is 2.82. The van der Waals surface area contributed by atoms with Crippen LogP contribution in [0, 0.1) is 5.41 Å². The molecule has 0 aliphatic carbocycles. The first-order valence-electron chi connectivity index (χ1n) is 7.09. The van der Waals surface area contributed by atoms with E-state index in [9.17, 15) is 9.59 Å². The maximum atomic E-state index is 12.3. The summed E-state index contributed by atoms with van der Waals surface area (Å²) in [5, 5.41) is 0. The number of nitrogens with zero attached hydrogens (tertiary/aromatic N) is 2. The second-order valence-electron chi connectivity index (χ2n) is 6.27. The molecule has 2 unspecified atom stereocenters. The summed E-state index contributed by atoms with van der Waals surface area (Å²) in [5.74, 6) is -0.803. The molecule has 0 bridgehead atoms. The van der Waals surface area contributed by atoms with Crippen LogP contribution in [0.25, 0.3) is 0 Å². The highest BCUT2D eigenvalue weighted by Crippen LogP contribution is 2.29. The zero-order chi connectivity index (χ0) is 14.8. The number of rotatable bonds is 4. The van der Waals surface area contributed by atoms with E-state index >= 15 is 0 Å². The molecule has 2 atom stereocenters. The highest BCUT2D eigenvalue weighted by atomic mass is 16.2. The first kappa shape index (κ1) is 16.0. The monoisotopic (exact) mass is 269 g/mol. The number of carbonyl (C=O) groups is 2. The standard InChI is InChI=1S/C14H27N3O2/c1-6-10(15)11(14(3,4)5)17-9-8-16(7-2)12(18)13(17)19/h10-11H,6-9,15H2,1-5H3. The van der Waals surface area contributed by atoms with Gasteiger partial charge in [0.05, 0.1) is 6.04 Å². The van der Waals surface area contributed by atoms with Crippen molar-refractivity contribution in [1.82, 2.24) is 9.80 Å². The number of carbonyl (C=O) groups excluding carboxylic acids is 2. The lowest BCUT2D eigenvalue weighted by Crippen LogP contribution is -2.64. The van der Waals surface area contributed by atoms with Crippen molar-refractivity contribution in [2.75, 3.05) is 19.6 Å². The molecule has 1 rings (SSSR count). The molecule has 0 spiro atoms. The van der Waals surface area contributed by atoms with Crippen molar-refractivity contribution in [3.05, 3.63) is 0 Å². The van der Waals surface area contributed by atoms with Gasteiger partial charge in [-0.3, -0.25) is 9.59 Å².